The second kappa shape index (κ2) is 6.33. The molecule has 1 saturated carbocycles. The van der Waals surface area contributed by atoms with Crippen LogP contribution in [0.4, 0.5) is 0 Å². The lowest BCUT2D eigenvalue weighted by atomic mass is 9.85. The van der Waals surface area contributed by atoms with E-state index in [9.17, 15) is 4.79 Å². The number of aromatic nitrogens is 4. The number of fused-ring (bicyclic) bond motifs is 1. The van der Waals surface area contributed by atoms with Crippen molar-refractivity contribution in [3.8, 4) is 11.4 Å². The number of amides is 1. The summed E-state index contributed by atoms with van der Waals surface area (Å²) in [6, 6.07) is 6.23. The van der Waals surface area contributed by atoms with Gasteiger partial charge in [0.15, 0.2) is 0 Å². The molecule has 0 spiro atoms. The Kier molecular flexibility index (Phi) is 3.81. The molecule has 138 valence electrons. The van der Waals surface area contributed by atoms with Gasteiger partial charge >= 0.3 is 0 Å². The molecule has 1 fully saturated rings. The zero-order chi connectivity index (χ0) is 18.4. The fraction of sp³-hybridized carbons (Fsp3) is 0.400. The van der Waals surface area contributed by atoms with Crippen LogP contribution in [0, 0.1) is 6.92 Å². The molecule has 2 aliphatic carbocycles. The second-order valence-corrected chi connectivity index (χ2v) is 7.45. The summed E-state index contributed by atoms with van der Waals surface area (Å²) in [4.78, 5) is 17.1. The first kappa shape index (κ1) is 16.2. The van der Waals surface area contributed by atoms with Gasteiger partial charge in [-0.3, -0.25) is 9.89 Å². The molecule has 1 amide bonds. The number of H-pyrrole nitrogens is 1. The third-order valence-corrected chi connectivity index (χ3v) is 5.76. The van der Waals surface area contributed by atoms with Crippen molar-refractivity contribution in [2.75, 3.05) is 0 Å². The van der Waals surface area contributed by atoms with E-state index >= 15 is 0 Å². The molecule has 2 N–H and O–H groups in total. The van der Waals surface area contributed by atoms with Crippen LogP contribution in [-0.4, -0.2) is 26.2 Å². The normalized spacial score (nSPS) is 18.9. The highest BCUT2D eigenvalue weighted by molar-refractivity contribution is 5.95. The molecule has 27 heavy (non-hydrogen) atoms. The van der Waals surface area contributed by atoms with E-state index in [1.807, 2.05) is 13.0 Å². The van der Waals surface area contributed by atoms with E-state index in [-0.39, 0.29) is 11.9 Å². The first-order valence-electron chi connectivity index (χ1n) is 9.47. The van der Waals surface area contributed by atoms with Crippen molar-refractivity contribution in [2.45, 2.75) is 51.0 Å². The van der Waals surface area contributed by atoms with Gasteiger partial charge in [0.2, 0.25) is 11.7 Å². The number of rotatable bonds is 4. The Labute approximate surface area is 156 Å². The van der Waals surface area contributed by atoms with Crippen LogP contribution in [0.15, 0.2) is 28.9 Å². The molecule has 5 rings (SSSR count). The van der Waals surface area contributed by atoms with Crippen LogP contribution in [0.2, 0.25) is 0 Å². The van der Waals surface area contributed by atoms with E-state index in [2.05, 4.69) is 37.8 Å². The number of carbonyl (C=O) groups excluding carboxylic acids is 1. The Bertz CT molecular complexity index is 1000. The number of nitrogens with one attached hydrogen (secondary N) is 2. The maximum atomic E-state index is 12.5. The molecule has 0 radical (unpaired) electrons. The number of nitrogens with zero attached hydrogens (tertiary/aromatic N) is 3. The maximum Gasteiger partial charge on any atom is 0.255 e. The molecule has 2 aliphatic rings. The molecule has 7 heteroatoms. The zero-order valence-corrected chi connectivity index (χ0v) is 15.2. The van der Waals surface area contributed by atoms with E-state index in [1.54, 1.807) is 6.20 Å². The third-order valence-electron chi connectivity index (χ3n) is 5.76. The molecule has 0 aliphatic heterocycles. The van der Waals surface area contributed by atoms with Gasteiger partial charge < -0.3 is 9.84 Å². The Hall–Kier alpha value is -2.96. The minimum Gasteiger partial charge on any atom is -0.345 e. The van der Waals surface area contributed by atoms with Crippen LogP contribution in [0.3, 0.4) is 0 Å². The lowest BCUT2D eigenvalue weighted by Gasteiger charge is -2.20. The van der Waals surface area contributed by atoms with Gasteiger partial charge in [-0.15, -0.1) is 0 Å². The molecule has 0 bridgehead atoms. The van der Waals surface area contributed by atoms with E-state index in [0.29, 0.717) is 23.0 Å². The fourth-order valence-electron chi connectivity index (χ4n) is 3.90. The van der Waals surface area contributed by atoms with Crippen molar-refractivity contribution >= 4 is 5.91 Å². The van der Waals surface area contributed by atoms with Crippen molar-refractivity contribution in [2.24, 2.45) is 0 Å². The van der Waals surface area contributed by atoms with Crippen LogP contribution >= 0.6 is 0 Å². The van der Waals surface area contributed by atoms with Crippen LogP contribution in [0.5, 0.6) is 0 Å². The van der Waals surface area contributed by atoms with E-state index in [1.165, 1.54) is 12.0 Å². The van der Waals surface area contributed by atoms with Gasteiger partial charge in [-0.2, -0.15) is 10.1 Å². The Balaban J connectivity index is 1.35. The van der Waals surface area contributed by atoms with Crippen molar-refractivity contribution < 1.29 is 9.32 Å². The number of hydrogen-bond acceptors (Lipinski definition) is 5. The summed E-state index contributed by atoms with van der Waals surface area (Å²) in [5.74, 6) is 1.76. The molecule has 1 atom stereocenters. The smallest absolute Gasteiger partial charge is 0.255 e. The number of aromatic amines is 1. The standard InChI is InChI=1S/C20H21N5O2/c1-11-16(10-21-24-11)19(26)22-17-8-6-13-9-14(5-7-15(13)17)18-23-20(27-25-18)12-3-2-4-12/h5,7,9-10,12,17H,2-4,6,8H2,1H3,(H,21,24)(H,22,26)/t17-/m1/s1. The van der Waals surface area contributed by atoms with Crippen LogP contribution in [0.25, 0.3) is 11.4 Å². The fourth-order valence-corrected chi connectivity index (χ4v) is 3.90. The predicted molar refractivity (Wildman–Crippen MR) is 98.2 cm³/mol. The molecule has 0 unspecified atom stereocenters. The largest absolute Gasteiger partial charge is 0.345 e. The van der Waals surface area contributed by atoms with Gasteiger partial charge in [0.05, 0.1) is 17.3 Å². The van der Waals surface area contributed by atoms with Crippen LogP contribution < -0.4 is 5.32 Å². The number of carbonyl (C=O) groups is 1. The number of aryl methyl sites for hydroxylation is 2. The van der Waals surface area contributed by atoms with Crippen molar-refractivity contribution in [3.05, 3.63) is 52.7 Å². The van der Waals surface area contributed by atoms with Gasteiger partial charge in [0, 0.05) is 17.7 Å². The summed E-state index contributed by atoms with van der Waals surface area (Å²) in [7, 11) is 0. The predicted octanol–water partition coefficient (Wildman–Crippen LogP) is 3.45. The van der Waals surface area contributed by atoms with E-state index < -0.39 is 0 Å². The van der Waals surface area contributed by atoms with Crippen LogP contribution in [0.1, 0.15) is 70.7 Å². The Morgan fingerprint density at radius 1 is 1.30 bits per heavy atom. The van der Waals surface area contributed by atoms with Crippen molar-refractivity contribution in [1.82, 2.24) is 25.7 Å². The first-order chi connectivity index (χ1) is 13.2. The lowest BCUT2D eigenvalue weighted by Crippen LogP contribution is -2.27. The second-order valence-electron chi connectivity index (χ2n) is 7.45. The highest BCUT2D eigenvalue weighted by Gasteiger charge is 2.28. The highest BCUT2D eigenvalue weighted by atomic mass is 16.5. The Morgan fingerprint density at radius 3 is 2.93 bits per heavy atom. The van der Waals surface area contributed by atoms with Crippen molar-refractivity contribution in [3.63, 3.8) is 0 Å². The SMILES string of the molecule is Cc1n[nH]cc1C(=O)N[C@@H]1CCc2cc(-c3noc(C4CCC4)n3)ccc21. The highest BCUT2D eigenvalue weighted by Crippen LogP contribution is 2.37. The molecule has 7 nitrogen and oxygen atoms in total. The molecule has 3 aromatic rings. The summed E-state index contributed by atoms with van der Waals surface area (Å²) in [5.41, 5.74) is 4.67. The number of benzene rings is 1. The summed E-state index contributed by atoms with van der Waals surface area (Å²) < 4.78 is 5.44. The molecule has 0 saturated heterocycles. The minimum atomic E-state index is -0.0912. The Morgan fingerprint density at radius 2 is 2.19 bits per heavy atom. The van der Waals surface area contributed by atoms with Gasteiger partial charge in [-0.05, 0) is 49.8 Å². The average Bonchev–Trinajstić information content (AvgIpc) is 3.33. The quantitative estimate of drug-likeness (QED) is 0.740. The third kappa shape index (κ3) is 2.83. The van der Waals surface area contributed by atoms with Gasteiger partial charge in [-0.25, -0.2) is 0 Å². The van der Waals surface area contributed by atoms with Crippen molar-refractivity contribution in [1.29, 1.82) is 0 Å². The summed E-state index contributed by atoms with van der Waals surface area (Å²) in [6.45, 7) is 1.82. The topological polar surface area (TPSA) is 96.7 Å². The molecular weight excluding hydrogens is 342 g/mol. The molecule has 1 aromatic carbocycles. The molecule has 2 heterocycles. The minimum absolute atomic E-state index is 0.0201. The van der Waals surface area contributed by atoms with Crippen LogP contribution in [-0.2, 0) is 6.42 Å². The van der Waals surface area contributed by atoms with Gasteiger partial charge in [0.25, 0.3) is 5.91 Å². The summed E-state index contributed by atoms with van der Waals surface area (Å²) >= 11 is 0. The monoisotopic (exact) mass is 363 g/mol. The van der Waals surface area contributed by atoms with Gasteiger partial charge in [-0.1, -0.05) is 23.7 Å². The van der Waals surface area contributed by atoms with Gasteiger partial charge in [0.1, 0.15) is 0 Å². The molecule has 2 aromatic heterocycles. The lowest BCUT2D eigenvalue weighted by molar-refractivity contribution is 0.0936. The maximum absolute atomic E-state index is 12.5. The number of hydrogen-bond donors (Lipinski definition) is 2. The summed E-state index contributed by atoms with van der Waals surface area (Å²) in [5, 5.41) is 14.0. The molecular formula is C20H21N5O2. The first-order valence-corrected chi connectivity index (χ1v) is 9.47. The average molecular weight is 363 g/mol. The van der Waals surface area contributed by atoms with E-state index in [4.69, 9.17) is 4.52 Å². The zero-order valence-electron chi connectivity index (χ0n) is 15.2. The summed E-state index contributed by atoms with van der Waals surface area (Å²) in [6.07, 6.45) is 6.98. The van der Waals surface area contributed by atoms with E-state index in [0.717, 1.165) is 42.7 Å².